The van der Waals surface area contributed by atoms with Gasteiger partial charge in [-0.1, -0.05) is 5.16 Å². The van der Waals surface area contributed by atoms with Crippen molar-refractivity contribution in [2.24, 2.45) is 0 Å². The maximum absolute atomic E-state index is 10.8. The van der Waals surface area contributed by atoms with E-state index in [4.69, 9.17) is 0 Å². The van der Waals surface area contributed by atoms with Gasteiger partial charge in [0.05, 0.1) is 6.54 Å². The number of nitrogens with zero attached hydrogens (tertiary/aromatic N) is 2. The SMILES string of the molecule is CNC(=O)CCNCc1ncon1. The van der Waals surface area contributed by atoms with Crippen LogP contribution in [0.4, 0.5) is 0 Å². The third kappa shape index (κ3) is 3.66. The zero-order valence-corrected chi connectivity index (χ0v) is 7.41. The molecule has 0 aliphatic carbocycles. The van der Waals surface area contributed by atoms with Gasteiger partial charge in [-0.25, -0.2) is 0 Å². The Balaban J connectivity index is 2.05. The van der Waals surface area contributed by atoms with Crippen LogP contribution in [-0.2, 0) is 11.3 Å². The van der Waals surface area contributed by atoms with Crippen molar-refractivity contribution in [1.82, 2.24) is 20.8 Å². The Hall–Kier alpha value is -1.43. The van der Waals surface area contributed by atoms with Crippen LogP contribution in [0.3, 0.4) is 0 Å². The van der Waals surface area contributed by atoms with Crippen LogP contribution in [0.1, 0.15) is 12.2 Å². The van der Waals surface area contributed by atoms with Gasteiger partial charge in [0.15, 0.2) is 5.82 Å². The molecule has 1 heterocycles. The highest BCUT2D eigenvalue weighted by molar-refractivity contribution is 5.75. The summed E-state index contributed by atoms with van der Waals surface area (Å²) in [6, 6.07) is 0. The van der Waals surface area contributed by atoms with E-state index in [2.05, 4.69) is 25.3 Å². The summed E-state index contributed by atoms with van der Waals surface area (Å²) in [6.07, 6.45) is 1.73. The number of carbonyl (C=O) groups excluding carboxylic acids is 1. The molecule has 0 aliphatic heterocycles. The molecule has 0 aromatic carbocycles. The maximum atomic E-state index is 10.8. The molecule has 0 unspecified atom stereocenters. The van der Waals surface area contributed by atoms with Crippen molar-refractivity contribution < 1.29 is 9.32 Å². The zero-order valence-electron chi connectivity index (χ0n) is 7.41. The standard InChI is InChI=1S/C7H12N4O2/c1-8-7(12)2-3-9-4-6-10-5-13-11-6/h5,9H,2-4H2,1H3,(H,8,12). The Bertz CT molecular complexity index is 247. The second-order valence-corrected chi connectivity index (χ2v) is 2.45. The number of hydrogen-bond acceptors (Lipinski definition) is 5. The molecular formula is C7H12N4O2. The van der Waals surface area contributed by atoms with Crippen molar-refractivity contribution in [3.8, 4) is 0 Å². The summed E-state index contributed by atoms with van der Waals surface area (Å²) >= 11 is 0. The van der Waals surface area contributed by atoms with Crippen molar-refractivity contribution in [2.45, 2.75) is 13.0 Å². The first-order valence-electron chi connectivity index (χ1n) is 3.99. The van der Waals surface area contributed by atoms with Gasteiger partial charge in [0.1, 0.15) is 0 Å². The molecule has 0 spiro atoms. The highest BCUT2D eigenvalue weighted by atomic mass is 16.5. The quantitative estimate of drug-likeness (QED) is 0.591. The Kier molecular flexibility index (Phi) is 3.90. The summed E-state index contributed by atoms with van der Waals surface area (Å²) in [5.74, 6) is 0.609. The van der Waals surface area contributed by atoms with Crippen LogP contribution in [0.15, 0.2) is 10.9 Å². The molecule has 2 N–H and O–H groups in total. The second-order valence-electron chi connectivity index (χ2n) is 2.45. The van der Waals surface area contributed by atoms with E-state index in [0.29, 0.717) is 25.3 Å². The molecule has 6 heteroatoms. The molecule has 0 aliphatic rings. The molecule has 6 nitrogen and oxygen atoms in total. The fourth-order valence-corrected chi connectivity index (χ4v) is 0.797. The van der Waals surface area contributed by atoms with Crippen LogP contribution < -0.4 is 10.6 Å². The molecule has 0 saturated heterocycles. The highest BCUT2D eigenvalue weighted by Crippen LogP contribution is 1.86. The molecule has 13 heavy (non-hydrogen) atoms. The molecule has 0 bridgehead atoms. The lowest BCUT2D eigenvalue weighted by Crippen LogP contribution is -2.24. The first-order chi connectivity index (χ1) is 6.33. The van der Waals surface area contributed by atoms with Crippen LogP contribution >= 0.6 is 0 Å². The highest BCUT2D eigenvalue weighted by Gasteiger charge is 1.99. The molecule has 72 valence electrons. The summed E-state index contributed by atoms with van der Waals surface area (Å²) in [6.45, 7) is 1.13. The lowest BCUT2D eigenvalue weighted by Gasteiger charge is -2.00. The minimum Gasteiger partial charge on any atom is -0.359 e. The van der Waals surface area contributed by atoms with Gasteiger partial charge >= 0.3 is 0 Å². The van der Waals surface area contributed by atoms with Gasteiger partial charge < -0.3 is 15.2 Å². The van der Waals surface area contributed by atoms with Gasteiger partial charge in [0.25, 0.3) is 0 Å². The Morgan fingerprint density at radius 1 is 1.69 bits per heavy atom. The zero-order chi connectivity index (χ0) is 9.52. The Labute approximate surface area is 75.7 Å². The number of amides is 1. The van der Waals surface area contributed by atoms with E-state index >= 15 is 0 Å². The normalized spacial score (nSPS) is 9.92. The minimum absolute atomic E-state index is 0.0145. The van der Waals surface area contributed by atoms with Gasteiger partial charge in [-0.15, -0.1) is 0 Å². The van der Waals surface area contributed by atoms with Gasteiger partial charge in [-0.05, 0) is 0 Å². The summed E-state index contributed by atoms with van der Waals surface area (Å²) in [7, 11) is 1.61. The van der Waals surface area contributed by atoms with E-state index in [9.17, 15) is 4.79 Å². The smallest absolute Gasteiger partial charge is 0.221 e. The lowest BCUT2D eigenvalue weighted by atomic mass is 10.4. The second kappa shape index (κ2) is 5.26. The average molecular weight is 184 g/mol. The van der Waals surface area contributed by atoms with Crippen molar-refractivity contribution in [3.63, 3.8) is 0 Å². The molecule has 0 saturated carbocycles. The topological polar surface area (TPSA) is 80.0 Å². The summed E-state index contributed by atoms with van der Waals surface area (Å²) < 4.78 is 4.53. The van der Waals surface area contributed by atoms with Crippen LogP contribution in [0.25, 0.3) is 0 Å². The van der Waals surface area contributed by atoms with Gasteiger partial charge in [-0.3, -0.25) is 4.79 Å². The third-order valence-corrected chi connectivity index (χ3v) is 1.50. The largest absolute Gasteiger partial charge is 0.359 e. The van der Waals surface area contributed by atoms with Crippen LogP contribution in [0, 0.1) is 0 Å². The van der Waals surface area contributed by atoms with Crippen LogP contribution in [-0.4, -0.2) is 29.6 Å². The Morgan fingerprint density at radius 2 is 2.54 bits per heavy atom. The van der Waals surface area contributed by atoms with E-state index in [1.54, 1.807) is 7.05 Å². The van der Waals surface area contributed by atoms with Crippen LogP contribution in [0.5, 0.6) is 0 Å². The molecule has 0 radical (unpaired) electrons. The van der Waals surface area contributed by atoms with E-state index < -0.39 is 0 Å². The third-order valence-electron chi connectivity index (χ3n) is 1.50. The monoisotopic (exact) mass is 184 g/mol. The van der Waals surface area contributed by atoms with E-state index in [-0.39, 0.29) is 5.91 Å². The van der Waals surface area contributed by atoms with Crippen molar-refractivity contribution >= 4 is 5.91 Å². The molecule has 1 aromatic heterocycles. The van der Waals surface area contributed by atoms with Gasteiger partial charge in [0.2, 0.25) is 12.3 Å². The average Bonchev–Trinajstić information content (AvgIpc) is 2.64. The molecular weight excluding hydrogens is 172 g/mol. The summed E-state index contributed by atoms with van der Waals surface area (Å²) in [5, 5.41) is 9.14. The maximum Gasteiger partial charge on any atom is 0.221 e. The van der Waals surface area contributed by atoms with E-state index in [0.717, 1.165) is 0 Å². The molecule has 0 fully saturated rings. The predicted octanol–water partition coefficient (Wildman–Crippen LogP) is -0.705. The van der Waals surface area contributed by atoms with Gasteiger partial charge in [-0.2, -0.15) is 4.98 Å². The van der Waals surface area contributed by atoms with Crippen molar-refractivity contribution in [1.29, 1.82) is 0 Å². The molecule has 1 amide bonds. The van der Waals surface area contributed by atoms with E-state index in [1.165, 1.54) is 6.39 Å². The predicted molar refractivity (Wildman–Crippen MR) is 44.7 cm³/mol. The number of rotatable bonds is 5. The van der Waals surface area contributed by atoms with Gasteiger partial charge in [0, 0.05) is 20.0 Å². The van der Waals surface area contributed by atoms with Crippen molar-refractivity contribution in [3.05, 3.63) is 12.2 Å². The minimum atomic E-state index is 0.0145. The molecule has 1 rings (SSSR count). The number of hydrogen-bond donors (Lipinski definition) is 2. The lowest BCUT2D eigenvalue weighted by molar-refractivity contribution is -0.120. The summed E-state index contributed by atoms with van der Waals surface area (Å²) in [5.41, 5.74) is 0. The first-order valence-corrected chi connectivity index (χ1v) is 3.99. The van der Waals surface area contributed by atoms with E-state index in [1.807, 2.05) is 0 Å². The van der Waals surface area contributed by atoms with Crippen molar-refractivity contribution in [2.75, 3.05) is 13.6 Å². The fourth-order valence-electron chi connectivity index (χ4n) is 0.797. The summed E-state index contributed by atoms with van der Waals surface area (Å²) in [4.78, 5) is 14.6. The molecule has 1 aromatic rings. The number of aromatic nitrogens is 2. The van der Waals surface area contributed by atoms with Crippen LogP contribution in [0.2, 0.25) is 0 Å². The fraction of sp³-hybridized carbons (Fsp3) is 0.571. The first kappa shape index (κ1) is 9.66. The number of nitrogens with one attached hydrogen (secondary N) is 2. The number of carbonyl (C=O) groups is 1. The Morgan fingerprint density at radius 3 is 3.15 bits per heavy atom. The molecule has 0 atom stereocenters.